The van der Waals surface area contributed by atoms with E-state index in [9.17, 15) is 4.39 Å². The van der Waals surface area contributed by atoms with Crippen molar-refractivity contribution in [2.75, 3.05) is 51.7 Å². The third kappa shape index (κ3) is 5.06. The number of hydrogen-bond acceptors (Lipinski definition) is 4. The van der Waals surface area contributed by atoms with Gasteiger partial charge in [-0.2, -0.15) is 0 Å². The molecule has 2 rings (SSSR count). The molecule has 1 unspecified atom stereocenters. The maximum absolute atomic E-state index is 13.8. The Bertz CT molecular complexity index is 521. The molecule has 128 valence electrons. The Morgan fingerprint density at radius 1 is 1.57 bits per heavy atom. The van der Waals surface area contributed by atoms with E-state index in [1.54, 1.807) is 19.3 Å². The van der Waals surface area contributed by atoms with Crippen LogP contribution in [0.15, 0.2) is 23.3 Å². The van der Waals surface area contributed by atoms with Gasteiger partial charge in [0.05, 0.1) is 0 Å². The van der Waals surface area contributed by atoms with Crippen LogP contribution in [0.1, 0.15) is 13.3 Å². The fraction of sp³-hybridized carbons (Fsp3) is 0.625. The summed E-state index contributed by atoms with van der Waals surface area (Å²) < 4.78 is 13.8. The highest BCUT2D eigenvalue weighted by Gasteiger charge is 2.25. The summed E-state index contributed by atoms with van der Waals surface area (Å²) in [6, 6.07) is 3.31. The van der Waals surface area contributed by atoms with Crippen LogP contribution in [0, 0.1) is 5.82 Å². The average molecular weight is 322 g/mol. The van der Waals surface area contributed by atoms with Gasteiger partial charge in [0, 0.05) is 45.5 Å². The number of aliphatic imine (C=N–C) groups is 1. The number of likely N-dealkylation sites (N-methyl/N-ethyl adjacent to an activating group) is 1. The molecule has 1 aromatic rings. The summed E-state index contributed by atoms with van der Waals surface area (Å²) in [6.07, 6.45) is 2.56. The number of nitrogens with zero attached hydrogens (tertiary/aromatic N) is 4. The van der Waals surface area contributed by atoms with Crippen molar-refractivity contribution in [3.05, 3.63) is 24.1 Å². The Hall–Kier alpha value is -1.89. The summed E-state index contributed by atoms with van der Waals surface area (Å²) in [5.41, 5.74) is 0. The summed E-state index contributed by atoms with van der Waals surface area (Å²) in [5.74, 6) is 0.963. The van der Waals surface area contributed by atoms with Crippen molar-refractivity contribution in [2.24, 2.45) is 4.99 Å². The lowest BCUT2D eigenvalue weighted by Crippen LogP contribution is -2.46. The summed E-state index contributed by atoms with van der Waals surface area (Å²) >= 11 is 0. The number of halogens is 1. The van der Waals surface area contributed by atoms with Gasteiger partial charge in [-0.25, -0.2) is 9.37 Å². The number of guanidine groups is 1. The van der Waals surface area contributed by atoms with Gasteiger partial charge in [0.2, 0.25) is 0 Å². The van der Waals surface area contributed by atoms with Gasteiger partial charge in [0.15, 0.2) is 17.6 Å². The lowest BCUT2D eigenvalue weighted by molar-refractivity contribution is 0.357. The second-order valence-corrected chi connectivity index (χ2v) is 5.78. The third-order valence-corrected chi connectivity index (χ3v) is 4.12. The lowest BCUT2D eigenvalue weighted by Gasteiger charge is -2.20. The zero-order valence-electron chi connectivity index (χ0n) is 14.2. The van der Waals surface area contributed by atoms with Crippen molar-refractivity contribution < 1.29 is 4.39 Å². The van der Waals surface area contributed by atoms with Gasteiger partial charge < -0.3 is 20.4 Å². The molecule has 0 aliphatic carbocycles. The van der Waals surface area contributed by atoms with E-state index < -0.39 is 0 Å². The molecule has 23 heavy (non-hydrogen) atoms. The van der Waals surface area contributed by atoms with Crippen molar-refractivity contribution in [3.8, 4) is 0 Å². The average Bonchev–Trinajstić information content (AvgIpc) is 3.02. The van der Waals surface area contributed by atoms with Crippen LogP contribution in [0.5, 0.6) is 0 Å². The van der Waals surface area contributed by atoms with Gasteiger partial charge in [-0.3, -0.25) is 4.99 Å². The van der Waals surface area contributed by atoms with Crippen molar-refractivity contribution in [3.63, 3.8) is 0 Å². The van der Waals surface area contributed by atoms with E-state index in [0.717, 1.165) is 45.1 Å². The Kier molecular flexibility index (Phi) is 6.58. The quantitative estimate of drug-likeness (QED) is 0.602. The van der Waals surface area contributed by atoms with Gasteiger partial charge in [-0.05, 0) is 32.1 Å². The first kappa shape index (κ1) is 17.5. The smallest absolute Gasteiger partial charge is 0.191 e. The highest BCUT2D eigenvalue weighted by molar-refractivity contribution is 5.80. The monoisotopic (exact) mass is 322 g/mol. The van der Waals surface area contributed by atoms with Crippen LogP contribution in [-0.2, 0) is 0 Å². The van der Waals surface area contributed by atoms with E-state index >= 15 is 0 Å². The molecule has 2 heterocycles. The zero-order chi connectivity index (χ0) is 16.7. The number of hydrogen-bond donors (Lipinski definition) is 2. The first-order valence-electron chi connectivity index (χ1n) is 8.15. The second-order valence-electron chi connectivity index (χ2n) is 5.78. The molecule has 1 saturated heterocycles. The minimum Gasteiger partial charge on any atom is -0.355 e. The number of pyridine rings is 1. The van der Waals surface area contributed by atoms with E-state index in [4.69, 9.17) is 0 Å². The first-order chi connectivity index (χ1) is 11.1. The van der Waals surface area contributed by atoms with Crippen LogP contribution >= 0.6 is 0 Å². The zero-order valence-corrected chi connectivity index (χ0v) is 14.2. The largest absolute Gasteiger partial charge is 0.355 e. The van der Waals surface area contributed by atoms with E-state index in [2.05, 4.69) is 39.5 Å². The molecule has 0 amide bonds. The van der Waals surface area contributed by atoms with Gasteiger partial charge in [-0.1, -0.05) is 6.92 Å². The topological polar surface area (TPSA) is 55.8 Å². The molecule has 0 saturated carbocycles. The van der Waals surface area contributed by atoms with Crippen LogP contribution in [0.4, 0.5) is 10.2 Å². The molecule has 1 aliphatic heterocycles. The molecule has 1 aromatic heterocycles. The molecule has 1 atom stereocenters. The van der Waals surface area contributed by atoms with E-state index in [1.165, 1.54) is 6.07 Å². The SMILES string of the molecule is CCN(C)CCNC(=NC)NC1CCN(c2ncccc2F)C1. The molecule has 0 spiro atoms. The molecular weight excluding hydrogens is 295 g/mol. The maximum atomic E-state index is 13.8. The van der Waals surface area contributed by atoms with Gasteiger partial charge in [0.1, 0.15) is 0 Å². The molecular formula is C16H27FN6. The highest BCUT2D eigenvalue weighted by atomic mass is 19.1. The molecule has 1 fully saturated rings. The third-order valence-electron chi connectivity index (χ3n) is 4.12. The summed E-state index contributed by atoms with van der Waals surface area (Å²) in [6.45, 7) is 6.49. The van der Waals surface area contributed by atoms with E-state index in [-0.39, 0.29) is 11.9 Å². The second kappa shape index (κ2) is 8.67. The van der Waals surface area contributed by atoms with Crippen LogP contribution in [0.2, 0.25) is 0 Å². The molecule has 2 N–H and O–H groups in total. The van der Waals surface area contributed by atoms with Crippen molar-refractivity contribution in [1.29, 1.82) is 0 Å². The molecule has 1 aliphatic rings. The van der Waals surface area contributed by atoms with E-state index in [0.29, 0.717) is 5.82 Å². The number of anilines is 1. The van der Waals surface area contributed by atoms with Gasteiger partial charge in [0.25, 0.3) is 0 Å². The molecule has 0 bridgehead atoms. The molecule has 0 radical (unpaired) electrons. The minimum atomic E-state index is -0.266. The number of aromatic nitrogens is 1. The Balaban J connectivity index is 1.81. The summed E-state index contributed by atoms with van der Waals surface area (Å²) in [5, 5.41) is 6.72. The highest BCUT2D eigenvalue weighted by Crippen LogP contribution is 2.20. The Morgan fingerprint density at radius 2 is 2.39 bits per heavy atom. The Morgan fingerprint density at radius 3 is 3.09 bits per heavy atom. The van der Waals surface area contributed by atoms with Crippen molar-refractivity contribution in [2.45, 2.75) is 19.4 Å². The fourth-order valence-corrected chi connectivity index (χ4v) is 2.59. The van der Waals surface area contributed by atoms with Crippen LogP contribution < -0.4 is 15.5 Å². The number of rotatable bonds is 6. The fourth-order valence-electron chi connectivity index (χ4n) is 2.59. The predicted molar refractivity (Wildman–Crippen MR) is 92.5 cm³/mol. The normalized spacial score (nSPS) is 18.6. The molecule has 0 aromatic carbocycles. The maximum Gasteiger partial charge on any atom is 0.191 e. The lowest BCUT2D eigenvalue weighted by atomic mass is 10.3. The van der Waals surface area contributed by atoms with E-state index in [1.807, 2.05) is 4.90 Å². The summed E-state index contributed by atoms with van der Waals surface area (Å²) in [7, 11) is 3.86. The Labute approximate surface area is 137 Å². The van der Waals surface area contributed by atoms with Gasteiger partial charge >= 0.3 is 0 Å². The predicted octanol–water partition coefficient (Wildman–Crippen LogP) is 0.916. The van der Waals surface area contributed by atoms with Crippen molar-refractivity contribution >= 4 is 11.8 Å². The minimum absolute atomic E-state index is 0.242. The number of nitrogens with one attached hydrogen (secondary N) is 2. The van der Waals surface area contributed by atoms with Crippen LogP contribution in [0.3, 0.4) is 0 Å². The molecule has 6 nitrogen and oxygen atoms in total. The van der Waals surface area contributed by atoms with Crippen molar-refractivity contribution in [1.82, 2.24) is 20.5 Å². The first-order valence-corrected chi connectivity index (χ1v) is 8.15. The van der Waals surface area contributed by atoms with Crippen LogP contribution in [-0.4, -0.2) is 68.7 Å². The molecule has 7 heteroatoms. The standard InChI is InChI=1S/C16H27FN6/c1-4-22(3)11-9-20-16(18-2)21-13-7-10-23(12-13)15-14(17)6-5-8-19-15/h5-6,8,13H,4,7,9-12H2,1-3H3,(H2,18,20,21). The summed E-state index contributed by atoms with van der Waals surface area (Å²) in [4.78, 5) is 12.6. The van der Waals surface area contributed by atoms with Crippen LogP contribution in [0.25, 0.3) is 0 Å². The van der Waals surface area contributed by atoms with Gasteiger partial charge in [-0.15, -0.1) is 0 Å².